The topological polar surface area (TPSA) is 248 Å². The molecule has 2 atom stereocenters. The molecule has 14 nitrogen and oxygen atoms in total. The Morgan fingerprint density at radius 3 is 2.02 bits per heavy atom. The standard InChI is InChI=1S/C22H18O10.C15H10O4/c23-11-6-14(25)12-8-19(32-22(30)10-4-16(27)20(29)17(28)5-10)21(31-18(12)7-11)9-1-2-13(24)15(26)3-9;16-10-6-11(17)15-12(18)8-13(19-14(15)7-10)9-4-2-1-3-5-9/h1-7,19,21,23-29H,8H2;1-8,16-17H. The molecule has 0 bridgehead atoms. The quantitative estimate of drug-likeness (QED) is 0.0828. The van der Waals surface area contributed by atoms with Gasteiger partial charge in [0.05, 0.1) is 5.56 Å². The lowest BCUT2D eigenvalue weighted by Gasteiger charge is -2.34. The van der Waals surface area contributed by atoms with Crippen molar-refractivity contribution in [2.45, 2.75) is 18.6 Å². The summed E-state index contributed by atoms with van der Waals surface area (Å²) >= 11 is 0. The second-order valence-corrected chi connectivity index (χ2v) is 11.4. The fourth-order valence-corrected chi connectivity index (χ4v) is 5.48. The molecule has 51 heavy (non-hydrogen) atoms. The minimum absolute atomic E-state index is 0.0461. The average Bonchev–Trinajstić information content (AvgIpc) is 3.08. The second-order valence-electron chi connectivity index (χ2n) is 11.4. The molecule has 14 heteroatoms. The van der Waals surface area contributed by atoms with E-state index in [2.05, 4.69) is 0 Å². The van der Waals surface area contributed by atoms with Crippen molar-refractivity contribution in [2.75, 3.05) is 0 Å². The first kappa shape index (κ1) is 33.7. The van der Waals surface area contributed by atoms with Crippen LogP contribution in [0.3, 0.4) is 0 Å². The lowest BCUT2D eigenvalue weighted by molar-refractivity contribution is -0.0189. The van der Waals surface area contributed by atoms with Crippen LogP contribution in [-0.4, -0.2) is 58.0 Å². The summed E-state index contributed by atoms with van der Waals surface area (Å²) in [7, 11) is 0. The maximum atomic E-state index is 12.7. The van der Waals surface area contributed by atoms with Gasteiger partial charge in [-0.3, -0.25) is 4.79 Å². The number of rotatable bonds is 4. The third-order valence-corrected chi connectivity index (χ3v) is 7.91. The van der Waals surface area contributed by atoms with E-state index in [1.54, 1.807) is 0 Å². The molecule has 9 N–H and O–H groups in total. The highest BCUT2D eigenvalue weighted by atomic mass is 16.6. The van der Waals surface area contributed by atoms with Gasteiger partial charge in [0.15, 0.2) is 40.3 Å². The number of aromatic hydroxyl groups is 9. The number of fused-ring (bicyclic) bond motifs is 2. The molecule has 6 aromatic rings. The predicted octanol–water partition coefficient (Wildman–Crippen LogP) is 5.40. The SMILES string of the molecule is O=C(OC1Cc2c(O)cc(O)cc2OC1c1ccc(O)c(O)c1)c1cc(O)c(O)c(O)c1.O=c1cc(-c2ccccc2)oc2cc(O)cc(O)c12. The summed E-state index contributed by atoms with van der Waals surface area (Å²) in [6.45, 7) is 0. The smallest absolute Gasteiger partial charge is 0.338 e. The van der Waals surface area contributed by atoms with Gasteiger partial charge in [0.25, 0.3) is 0 Å². The number of phenolic OH excluding ortho intramolecular Hbond substituents is 9. The molecule has 7 rings (SSSR count). The molecule has 2 heterocycles. The number of hydrogen-bond acceptors (Lipinski definition) is 14. The first-order valence-corrected chi connectivity index (χ1v) is 15.0. The van der Waals surface area contributed by atoms with Crippen molar-refractivity contribution >= 4 is 16.9 Å². The van der Waals surface area contributed by atoms with E-state index in [1.165, 1.54) is 36.4 Å². The van der Waals surface area contributed by atoms with Gasteiger partial charge in [-0.05, 0) is 24.3 Å². The molecule has 0 saturated carbocycles. The van der Waals surface area contributed by atoms with Crippen LogP contribution >= 0.6 is 0 Å². The molecule has 260 valence electrons. The zero-order valence-electron chi connectivity index (χ0n) is 26.1. The summed E-state index contributed by atoms with van der Waals surface area (Å²) in [5, 5.41) is 87.4. The van der Waals surface area contributed by atoms with Gasteiger partial charge in [-0.1, -0.05) is 36.4 Å². The Morgan fingerprint density at radius 2 is 1.33 bits per heavy atom. The fraction of sp³-hybridized carbons (Fsp3) is 0.0811. The van der Waals surface area contributed by atoms with E-state index in [0.717, 1.165) is 29.8 Å². The summed E-state index contributed by atoms with van der Waals surface area (Å²) in [5.41, 5.74) is 0.885. The third-order valence-electron chi connectivity index (χ3n) is 7.91. The van der Waals surface area contributed by atoms with Crippen LogP contribution in [0.2, 0.25) is 0 Å². The summed E-state index contributed by atoms with van der Waals surface area (Å²) in [6.07, 6.45) is -2.12. The van der Waals surface area contributed by atoms with Crippen LogP contribution in [0.4, 0.5) is 0 Å². The molecule has 1 aliphatic heterocycles. The zero-order chi connectivity index (χ0) is 36.6. The van der Waals surface area contributed by atoms with Crippen LogP contribution in [0, 0.1) is 0 Å². The summed E-state index contributed by atoms with van der Waals surface area (Å²) < 4.78 is 17.0. The molecule has 1 aliphatic rings. The first-order chi connectivity index (χ1) is 24.3. The largest absolute Gasteiger partial charge is 0.508 e. The van der Waals surface area contributed by atoms with Gasteiger partial charge < -0.3 is 59.8 Å². The van der Waals surface area contributed by atoms with Crippen LogP contribution in [0.1, 0.15) is 27.6 Å². The van der Waals surface area contributed by atoms with Gasteiger partial charge >= 0.3 is 5.97 Å². The number of phenols is 9. The van der Waals surface area contributed by atoms with E-state index >= 15 is 0 Å². The first-order valence-electron chi connectivity index (χ1n) is 15.0. The number of esters is 1. The Balaban J connectivity index is 0.000000200. The predicted molar refractivity (Wildman–Crippen MR) is 179 cm³/mol. The minimum Gasteiger partial charge on any atom is -0.508 e. The molecule has 0 aliphatic carbocycles. The number of carbonyl (C=O) groups excluding carboxylic acids is 1. The van der Waals surface area contributed by atoms with Crippen molar-refractivity contribution in [3.63, 3.8) is 0 Å². The maximum absolute atomic E-state index is 12.7. The summed E-state index contributed by atoms with van der Waals surface area (Å²) in [4.78, 5) is 24.7. The van der Waals surface area contributed by atoms with Gasteiger partial charge in [-0.25, -0.2) is 4.79 Å². The summed E-state index contributed by atoms with van der Waals surface area (Å²) in [6, 6.07) is 21.0. The molecule has 0 fully saturated rings. The molecule has 5 aromatic carbocycles. The Hall–Kier alpha value is -7.22. The molecule has 0 spiro atoms. The van der Waals surface area contributed by atoms with E-state index in [-0.39, 0.29) is 68.4 Å². The zero-order valence-corrected chi connectivity index (χ0v) is 26.1. The number of benzene rings is 5. The van der Waals surface area contributed by atoms with Crippen molar-refractivity contribution in [1.29, 1.82) is 0 Å². The van der Waals surface area contributed by atoms with Gasteiger partial charge in [0.1, 0.15) is 51.6 Å². The van der Waals surface area contributed by atoms with Gasteiger partial charge in [0, 0.05) is 53.4 Å². The van der Waals surface area contributed by atoms with Crippen molar-refractivity contribution in [1.82, 2.24) is 0 Å². The number of hydrogen-bond donors (Lipinski definition) is 9. The van der Waals surface area contributed by atoms with E-state index in [9.17, 15) is 55.5 Å². The highest BCUT2D eigenvalue weighted by Gasteiger charge is 2.37. The third kappa shape index (κ3) is 6.87. The molecule has 0 amide bonds. The molecule has 2 unspecified atom stereocenters. The van der Waals surface area contributed by atoms with Crippen LogP contribution in [-0.2, 0) is 11.2 Å². The minimum atomic E-state index is -1.06. The second kappa shape index (κ2) is 13.4. The molecule has 0 saturated heterocycles. The Labute approximate surface area is 286 Å². The normalized spacial score (nSPS) is 14.8. The van der Waals surface area contributed by atoms with E-state index in [4.69, 9.17) is 13.9 Å². The van der Waals surface area contributed by atoms with Crippen LogP contribution in [0.5, 0.6) is 57.5 Å². The van der Waals surface area contributed by atoms with E-state index < -0.39 is 41.2 Å². The maximum Gasteiger partial charge on any atom is 0.338 e. The lowest BCUT2D eigenvalue weighted by Crippen LogP contribution is -2.34. The van der Waals surface area contributed by atoms with Crippen molar-refractivity contribution in [2.24, 2.45) is 0 Å². The average molecular weight is 697 g/mol. The number of carbonyl (C=O) groups is 1. The van der Waals surface area contributed by atoms with Gasteiger partial charge in [-0.15, -0.1) is 0 Å². The summed E-state index contributed by atoms with van der Waals surface area (Å²) in [5.74, 6) is -4.48. The van der Waals surface area contributed by atoms with Crippen LogP contribution < -0.4 is 10.2 Å². The van der Waals surface area contributed by atoms with E-state index in [0.29, 0.717) is 11.3 Å². The van der Waals surface area contributed by atoms with Crippen molar-refractivity contribution in [3.8, 4) is 68.8 Å². The molecule has 1 aromatic heterocycles. The molecular weight excluding hydrogens is 668 g/mol. The van der Waals surface area contributed by atoms with Crippen LogP contribution in [0.15, 0.2) is 100 Å². The Kier molecular flexibility index (Phi) is 8.82. The Morgan fingerprint density at radius 1 is 0.667 bits per heavy atom. The molecule has 0 radical (unpaired) electrons. The van der Waals surface area contributed by atoms with Gasteiger partial charge in [0.2, 0.25) is 0 Å². The lowest BCUT2D eigenvalue weighted by atomic mass is 9.93. The fourth-order valence-electron chi connectivity index (χ4n) is 5.48. The van der Waals surface area contributed by atoms with E-state index in [1.807, 2.05) is 30.3 Å². The Bertz CT molecular complexity index is 2330. The van der Waals surface area contributed by atoms with Gasteiger partial charge in [-0.2, -0.15) is 0 Å². The van der Waals surface area contributed by atoms with Crippen LogP contribution in [0.25, 0.3) is 22.3 Å². The van der Waals surface area contributed by atoms with Crippen molar-refractivity contribution < 1.29 is 64.6 Å². The van der Waals surface area contributed by atoms with Crippen molar-refractivity contribution in [3.05, 3.63) is 118 Å². The highest BCUT2D eigenvalue weighted by Crippen LogP contribution is 2.44. The highest BCUT2D eigenvalue weighted by molar-refractivity contribution is 5.91. The number of ether oxygens (including phenoxy) is 2. The monoisotopic (exact) mass is 696 g/mol. The molecular formula is C37H28O14.